The first-order valence-corrected chi connectivity index (χ1v) is 26.7. The van der Waals surface area contributed by atoms with Crippen LogP contribution in [0.3, 0.4) is 0 Å². The van der Waals surface area contributed by atoms with Crippen LogP contribution in [0.25, 0.3) is 32.2 Å². The molecule has 3 aromatic heterocycles. The average molecular weight is 1030 g/mol. The lowest BCUT2D eigenvalue weighted by Gasteiger charge is -2.39. The maximum absolute atomic E-state index is 14.2. The molecule has 3 N–H and O–H groups in total. The van der Waals surface area contributed by atoms with Gasteiger partial charge in [-0.15, -0.1) is 0 Å². The van der Waals surface area contributed by atoms with E-state index in [1.165, 1.54) is 11.3 Å². The Kier molecular flexibility index (Phi) is 13.2. The summed E-state index contributed by atoms with van der Waals surface area (Å²) in [6, 6.07) is 29.1. The van der Waals surface area contributed by atoms with E-state index in [9.17, 15) is 24.0 Å². The fourth-order valence-corrected chi connectivity index (χ4v) is 12.4. The molecule has 1 spiro atoms. The zero-order valence-corrected chi connectivity index (χ0v) is 43.8. The molecule has 11 rings (SSSR count). The van der Waals surface area contributed by atoms with Gasteiger partial charge in [-0.1, -0.05) is 47.7 Å². The van der Waals surface area contributed by atoms with Gasteiger partial charge in [-0.05, 0) is 168 Å². The number of piperidine rings is 2. The molecule has 6 heterocycles. The lowest BCUT2D eigenvalue weighted by molar-refractivity contribution is -0.134. The third-order valence-corrected chi connectivity index (χ3v) is 16.3. The molecule has 0 bridgehead atoms. The van der Waals surface area contributed by atoms with Crippen LogP contribution in [-0.4, -0.2) is 92.1 Å². The molecule has 386 valence electrons. The van der Waals surface area contributed by atoms with Gasteiger partial charge in [0.05, 0.1) is 40.0 Å². The number of pyridine rings is 1. The highest BCUT2D eigenvalue weighted by molar-refractivity contribution is 7.22. The Morgan fingerprint density at radius 1 is 0.867 bits per heavy atom. The monoisotopic (exact) mass is 1030 g/mol. The Bertz CT molecular complexity index is 3390. The maximum Gasteiger partial charge on any atom is 0.358 e. The number of carbonyl (C=O) groups is 5. The van der Waals surface area contributed by atoms with Crippen molar-refractivity contribution in [2.75, 3.05) is 41.7 Å². The van der Waals surface area contributed by atoms with Crippen molar-refractivity contribution in [1.29, 1.82) is 0 Å². The number of imide groups is 1. The van der Waals surface area contributed by atoms with Gasteiger partial charge in [-0.2, -0.15) is 5.10 Å². The van der Waals surface area contributed by atoms with Crippen molar-refractivity contribution in [2.45, 2.75) is 103 Å². The molecule has 17 heteroatoms. The molecule has 4 amide bonds. The summed E-state index contributed by atoms with van der Waals surface area (Å²) in [5, 5.41) is 14.5. The minimum absolute atomic E-state index is 0.0206. The summed E-state index contributed by atoms with van der Waals surface area (Å²) in [5.74, 6) is -0.533. The minimum Gasteiger partial charge on any atom is -0.490 e. The molecule has 3 aliphatic heterocycles. The number of nitrogens with one attached hydrogen (secondary N) is 3. The first kappa shape index (κ1) is 49.7. The third-order valence-electron chi connectivity index (χ3n) is 15.4. The number of anilines is 3. The number of para-hydroxylation sites is 1. The molecule has 1 unspecified atom stereocenters. The van der Waals surface area contributed by atoms with E-state index >= 15 is 0 Å². The number of benzene rings is 4. The maximum atomic E-state index is 14.2. The predicted molar refractivity (Wildman–Crippen MR) is 289 cm³/mol. The number of ether oxygens (including phenoxy) is 2. The zero-order valence-electron chi connectivity index (χ0n) is 43.0. The van der Waals surface area contributed by atoms with Gasteiger partial charge >= 0.3 is 5.97 Å². The quantitative estimate of drug-likeness (QED) is 0.0823. The van der Waals surface area contributed by atoms with Crippen LogP contribution in [-0.2, 0) is 39.1 Å². The summed E-state index contributed by atoms with van der Waals surface area (Å²) in [7, 11) is 1.81. The highest BCUT2D eigenvalue weighted by Gasteiger charge is 2.43. The van der Waals surface area contributed by atoms with Gasteiger partial charge in [0.1, 0.15) is 17.2 Å². The molecule has 75 heavy (non-hydrogen) atoms. The smallest absolute Gasteiger partial charge is 0.358 e. The molecule has 7 aromatic rings. The van der Waals surface area contributed by atoms with Gasteiger partial charge in [0.15, 0.2) is 10.8 Å². The zero-order chi connectivity index (χ0) is 52.2. The standard InChI is InChI=1S/C58H61N9O7S/c1-34-38(39-18-20-48(61-52(39)55(72)74-57(2,3)4)67-27-23-35-10-8-12-40(43(35)32-67)53(70)63-56-60-44-13-6-7-15-47(44)75-56)11-9-14-46(34)73-37-22-24-58(31-37)25-28-66(29-26-58)33-50(69)59-36-16-17-41-45(30-36)65(5)64-51(41)42-19-21-49(68)62-54(42)71/h6-18,20,30,37,42H,19,21-29,31-33H2,1-5H3,(H,59,69)(H,60,63,70)(H,62,68,71)/t37-,42?/m1/s1. The SMILES string of the molecule is Cc1c(O[C@@H]2CCC3(CCN(CC(=O)Nc4ccc5c(C6CCC(=O)NC6=O)nn(C)c5c4)CC3)C2)cccc1-c1ccc(N2CCc3cccc(C(=O)Nc4nc5ccccc5s4)c3C2)nc1C(=O)OC(C)(C)C. The van der Waals surface area contributed by atoms with Gasteiger partial charge < -0.3 is 19.7 Å². The van der Waals surface area contributed by atoms with Crippen molar-refractivity contribution in [1.82, 2.24) is 30.0 Å². The second kappa shape index (κ2) is 20.0. The van der Waals surface area contributed by atoms with Gasteiger partial charge in [0.25, 0.3) is 5.91 Å². The number of hydrogen-bond acceptors (Lipinski definition) is 13. The van der Waals surface area contributed by atoms with E-state index in [4.69, 9.17) is 14.5 Å². The highest BCUT2D eigenvalue weighted by atomic mass is 32.1. The fraction of sp³-hybridized carbons (Fsp3) is 0.379. The third kappa shape index (κ3) is 10.3. The minimum atomic E-state index is -0.757. The molecule has 4 aliphatic rings. The van der Waals surface area contributed by atoms with Gasteiger partial charge in [-0.25, -0.2) is 14.8 Å². The molecular weight excluding hydrogens is 967 g/mol. The van der Waals surface area contributed by atoms with Gasteiger partial charge in [-0.3, -0.25) is 39.4 Å². The Morgan fingerprint density at radius 2 is 1.68 bits per heavy atom. The Morgan fingerprint density at radius 3 is 2.48 bits per heavy atom. The van der Waals surface area contributed by atoms with Crippen LogP contribution >= 0.6 is 11.3 Å². The van der Waals surface area contributed by atoms with Crippen molar-refractivity contribution >= 4 is 78.7 Å². The number of hydrogen-bond donors (Lipinski definition) is 3. The molecule has 2 atom stereocenters. The van der Waals surface area contributed by atoms with Crippen LogP contribution in [0.5, 0.6) is 5.75 Å². The molecular formula is C58H61N9O7S. The van der Waals surface area contributed by atoms with Crippen LogP contribution in [0.2, 0.25) is 0 Å². The predicted octanol–water partition coefficient (Wildman–Crippen LogP) is 9.50. The largest absolute Gasteiger partial charge is 0.490 e. The number of rotatable bonds is 11. The fourth-order valence-electron chi connectivity index (χ4n) is 11.5. The molecule has 3 fully saturated rings. The van der Waals surface area contributed by atoms with E-state index in [1.54, 1.807) is 4.68 Å². The number of esters is 1. The molecule has 16 nitrogen and oxygen atoms in total. The van der Waals surface area contributed by atoms with Crippen molar-refractivity contribution in [3.05, 3.63) is 125 Å². The van der Waals surface area contributed by atoms with Crippen LogP contribution in [0, 0.1) is 12.3 Å². The highest BCUT2D eigenvalue weighted by Crippen LogP contribution is 2.48. The number of carbonyl (C=O) groups excluding carboxylic acids is 5. The number of likely N-dealkylation sites (tertiary alicyclic amines) is 1. The lowest BCUT2D eigenvalue weighted by atomic mass is 9.77. The average Bonchev–Trinajstić information content (AvgIpc) is 4.08. The summed E-state index contributed by atoms with van der Waals surface area (Å²) in [5.41, 5.74) is 7.51. The van der Waals surface area contributed by atoms with Crippen molar-refractivity contribution in [2.24, 2.45) is 12.5 Å². The number of nitrogens with zero attached hydrogens (tertiary/aromatic N) is 6. The summed E-state index contributed by atoms with van der Waals surface area (Å²) in [4.78, 5) is 79.7. The normalized spacial score (nSPS) is 18.8. The van der Waals surface area contributed by atoms with Crippen LogP contribution < -0.4 is 25.6 Å². The number of thiazole rings is 1. The van der Waals surface area contributed by atoms with E-state index in [0.29, 0.717) is 59.4 Å². The van der Waals surface area contributed by atoms with Crippen LogP contribution in [0.1, 0.15) is 115 Å². The van der Waals surface area contributed by atoms with Crippen LogP contribution in [0.4, 0.5) is 16.6 Å². The topological polar surface area (TPSA) is 190 Å². The first-order valence-electron chi connectivity index (χ1n) is 25.9. The van der Waals surface area contributed by atoms with Crippen molar-refractivity contribution < 1.29 is 33.4 Å². The Labute approximate surface area is 439 Å². The van der Waals surface area contributed by atoms with E-state index in [1.807, 2.05) is 120 Å². The van der Waals surface area contributed by atoms with E-state index in [2.05, 4.69) is 41.9 Å². The number of amides is 4. The molecule has 4 aromatic carbocycles. The summed E-state index contributed by atoms with van der Waals surface area (Å²) < 4.78 is 15.6. The van der Waals surface area contributed by atoms with Crippen LogP contribution in [0.15, 0.2) is 91.0 Å². The second-order valence-electron chi connectivity index (χ2n) is 21.6. The van der Waals surface area contributed by atoms with Crippen molar-refractivity contribution in [3.63, 3.8) is 0 Å². The molecule has 2 saturated heterocycles. The van der Waals surface area contributed by atoms with Crippen molar-refractivity contribution in [3.8, 4) is 16.9 Å². The van der Waals surface area contributed by atoms with Gasteiger partial charge in [0.2, 0.25) is 17.7 Å². The van der Waals surface area contributed by atoms with E-state index < -0.39 is 17.5 Å². The Hall–Kier alpha value is -7.50. The number of fused-ring (bicyclic) bond motifs is 3. The summed E-state index contributed by atoms with van der Waals surface area (Å²) >= 11 is 1.44. The molecule has 1 saturated carbocycles. The first-order chi connectivity index (χ1) is 36.0. The summed E-state index contributed by atoms with van der Waals surface area (Å²) in [6.07, 6.45) is 6.26. The number of aromatic nitrogens is 4. The Balaban J connectivity index is 0.738. The second-order valence-corrected chi connectivity index (χ2v) is 22.6. The molecule has 1 aliphatic carbocycles. The summed E-state index contributed by atoms with van der Waals surface area (Å²) in [6.45, 7) is 10.6. The number of aryl methyl sites for hydroxylation is 1. The van der Waals surface area contributed by atoms with E-state index in [0.717, 1.165) is 94.3 Å². The van der Waals surface area contributed by atoms with Gasteiger partial charge in [0, 0.05) is 48.8 Å². The lowest BCUT2D eigenvalue weighted by Crippen LogP contribution is -2.42. The molecule has 0 radical (unpaired) electrons. The van der Waals surface area contributed by atoms with E-state index in [-0.39, 0.29) is 53.8 Å².